The van der Waals surface area contributed by atoms with Crippen molar-refractivity contribution in [1.82, 2.24) is 9.44 Å². The standard InChI is InChI=1S/C25H42N2O53S11/c1-4-9(66-89(44,45)46)17(67-90(47,48)49)15(18(55-4)21(28)29)60-23-7(26-81-75-69-32)12(63-84-78-72-35)10(5(56-23)2-53-87(38,39)40)58-25-20(68-91(50,51)52)16(65-86-80-74-37)14(19(61-25)22(30)31)59-24-8(27-82-76-70-33)13(64-85-79-73-36)11(62-83-77-71-34)6(57-24)3-54-88(41,42)43/h4-20,23-27,32-37H,2-3H2,1H3,(H,28,29)(H,30,31)(H,38,39,40)(H,41,42,43)(H,44,45,46)(H,47,48,49)(H,50,51,52)/t4-,5?,6?,7?,8?,9?,10-,11-,12-,13+,14+,15-,16+,17?,18-,19?,20?,23-,24-,25-/m1/s1. The minimum atomic E-state index is -6.18. The largest absolute Gasteiger partial charge is 0.479 e. The monoisotopic (exact) mass is 1570 g/mol. The Morgan fingerprint density at radius 3 is 1.13 bits per heavy atom. The van der Waals surface area contributed by atoms with E-state index in [1.807, 2.05) is 0 Å². The van der Waals surface area contributed by atoms with Crippen molar-refractivity contribution in [3.8, 4) is 0 Å². The molecule has 0 aromatic rings. The number of carboxylic acids is 2. The Morgan fingerprint density at radius 1 is 0.396 bits per heavy atom. The van der Waals surface area contributed by atoms with E-state index in [9.17, 15) is 84.7 Å². The van der Waals surface area contributed by atoms with E-state index in [4.69, 9.17) is 85.6 Å². The SMILES string of the molecule is C[C@H]1O[C@@H](C(=O)O)[C@H](O[C@H]2OC(COS(=O)(=O)O)[C@@H](O[C@@H]3OC(C(=O)O)[C@@H](O[C@H]4OC(COS(=O)(=O)O)[C@@H](OSOOO)[C@@H](OSOOO)C4NSOOO)[C@H](OSOOO)C3OS(=O)(=O)O)[C@H](OSOOO)C2NSOOO)C(OS(=O)(=O)O)C1OS(=O)(=O)O. The van der Waals surface area contributed by atoms with Gasteiger partial charge in [0.2, 0.25) is 0 Å². The van der Waals surface area contributed by atoms with Gasteiger partial charge < -0.3 is 43.4 Å². The van der Waals surface area contributed by atoms with Gasteiger partial charge in [-0.15, -0.1) is 26.0 Å². The fourth-order valence-electron chi connectivity index (χ4n) is 7.82. The van der Waals surface area contributed by atoms with Crippen LogP contribution in [-0.4, -0.2) is 254 Å². The van der Waals surface area contributed by atoms with E-state index in [2.05, 4.69) is 82.4 Å². The van der Waals surface area contributed by atoms with E-state index in [1.165, 1.54) is 0 Å². The van der Waals surface area contributed by atoms with Crippen LogP contribution in [0.2, 0.25) is 0 Å². The van der Waals surface area contributed by atoms with Gasteiger partial charge in [0, 0.05) is 0 Å². The second-order valence-electron chi connectivity index (χ2n) is 16.0. The zero-order chi connectivity index (χ0) is 68.1. The second-order valence-corrected chi connectivity index (χ2v) is 24.2. The highest BCUT2D eigenvalue weighted by atomic mass is 32.3. The Kier molecular flexibility index (Phi) is 35.5. The van der Waals surface area contributed by atoms with Crippen LogP contribution in [0, 0.1) is 0 Å². The maximum atomic E-state index is 13.5. The number of ether oxygens (including phenoxy) is 7. The van der Waals surface area contributed by atoms with Crippen LogP contribution in [0.25, 0.3) is 0 Å². The molecule has 0 aliphatic carbocycles. The zero-order valence-corrected chi connectivity index (χ0v) is 51.6. The van der Waals surface area contributed by atoms with Gasteiger partial charge >= 0.3 is 63.9 Å². The molecule has 0 amide bonds. The van der Waals surface area contributed by atoms with E-state index in [-0.39, 0.29) is 49.1 Å². The molecule has 0 saturated carbocycles. The maximum Gasteiger partial charge on any atom is 0.397 e. The minimum absolute atomic E-state index is 0.190. The van der Waals surface area contributed by atoms with Crippen molar-refractivity contribution < 1.29 is 243 Å². The molecule has 4 aliphatic rings. The quantitative estimate of drug-likeness (QED) is 0.00687. The number of carbonyl (C=O) groups is 2. The Hall–Kier alpha value is -0.850. The highest BCUT2D eigenvalue weighted by Gasteiger charge is 2.61. The summed E-state index contributed by atoms with van der Waals surface area (Å²) in [5.74, 6) is -4.54. The summed E-state index contributed by atoms with van der Waals surface area (Å²) in [5, 5.41) is 95.4. The van der Waals surface area contributed by atoms with Crippen molar-refractivity contribution in [2.45, 2.75) is 129 Å². The zero-order valence-electron chi connectivity index (χ0n) is 42.6. The Balaban J connectivity index is 2.02. The summed E-state index contributed by atoms with van der Waals surface area (Å²) < 4.78 is 285. The van der Waals surface area contributed by atoms with Crippen LogP contribution in [0.3, 0.4) is 0 Å². The maximum absolute atomic E-state index is 13.5. The van der Waals surface area contributed by atoms with Crippen LogP contribution >= 0.6 is 73.8 Å². The first kappa shape index (κ1) is 82.6. The molecular weight excluding hydrogens is 1530 g/mol. The van der Waals surface area contributed by atoms with Crippen molar-refractivity contribution >= 4 is 138 Å². The fraction of sp³-hybridized carbons (Fsp3) is 0.920. The molecule has 0 aromatic carbocycles. The van der Waals surface area contributed by atoms with Crippen LogP contribution in [0.1, 0.15) is 6.92 Å². The summed E-state index contributed by atoms with van der Waals surface area (Å²) in [5.41, 5.74) is 0. The topological polar surface area (TPSA) is 750 Å². The summed E-state index contributed by atoms with van der Waals surface area (Å²) in [4.78, 5) is 26.2. The van der Waals surface area contributed by atoms with Crippen molar-refractivity contribution in [1.29, 1.82) is 0 Å². The summed E-state index contributed by atoms with van der Waals surface area (Å²) >= 11 is -2.41. The predicted octanol–water partition coefficient (Wildman–Crippen LogP) is -4.16. The van der Waals surface area contributed by atoms with Gasteiger partial charge in [0.15, 0.2) is 86.5 Å². The lowest BCUT2D eigenvalue weighted by Gasteiger charge is -2.50. The van der Waals surface area contributed by atoms with E-state index >= 15 is 0 Å². The van der Waals surface area contributed by atoms with Gasteiger partial charge in [0.1, 0.15) is 104 Å². The summed E-state index contributed by atoms with van der Waals surface area (Å²) in [7, 11) is -29.3. The number of hydrogen-bond donors (Lipinski definition) is 15. The molecule has 4 rings (SSSR count). The molecule has 4 fully saturated rings. The molecule has 4 heterocycles. The number of rotatable bonds is 44. The molecule has 536 valence electrons. The van der Waals surface area contributed by atoms with Gasteiger partial charge in [0.25, 0.3) is 0 Å². The molecule has 0 aromatic heterocycles. The lowest BCUT2D eigenvalue weighted by molar-refractivity contribution is -0.436. The average Bonchev–Trinajstić information content (AvgIpc) is 0.770. The molecule has 91 heavy (non-hydrogen) atoms. The van der Waals surface area contributed by atoms with Gasteiger partial charge in [-0.2, -0.15) is 42.1 Å². The van der Waals surface area contributed by atoms with Crippen molar-refractivity contribution in [3.05, 3.63) is 0 Å². The smallest absolute Gasteiger partial charge is 0.397 e. The van der Waals surface area contributed by atoms with E-state index in [1.54, 1.807) is 0 Å². The number of hydrogen-bond acceptors (Lipinski definition) is 54. The molecular formula is C25H42N2O53S11. The van der Waals surface area contributed by atoms with Crippen molar-refractivity contribution in [3.63, 3.8) is 0 Å². The van der Waals surface area contributed by atoms with E-state index in [0.717, 1.165) is 6.92 Å². The van der Waals surface area contributed by atoms with E-state index in [0.29, 0.717) is 0 Å². The first-order chi connectivity index (χ1) is 42.6. The number of carboxylic acid groups (broad SMARTS) is 2. The molecule has 15 N–H and O–H groups in total. The van der Waals surface area contributed by atoms with Gasteiger partial charge in [0.05, 0.1) is 19.3 Å². The van der Waals surface area contributed by atoms with Crippen LogP contribution in [-0.2, 0) is 189 Å². The average molecular weight is 1570 g/mol. The molecule has 20 atom stereocenters. The van der Waals surface area contributed by atoms with Gasteiger partial charge in [-0.25, -0.2) is 71.5 Å². The predicted molar refractivity (Wildman–Crippen MR) is 262 cm³/mol. The van der Waals surface area contributed by atoms with Crippen molar-refractivity contribution in [2.24, 2.45) is 0 Å². The molecule has 4 saturated heterocycles. The van der Waals surface area contributed by atoms with Gasteiger partial charge in [-0.05, 0) is 6.92 Å². The minimum Gasteiger partial charge on any atom is -0.479 e. The molecule has 0 radical (unpaired) electrons. The van der Waals surface area contributed by atoms with Crippen LogP contribution in [0.4, 0.5) is 0 Å². The first-order valence-electron chi connectivity index (χ1n) is 21.8. The highest BCUT2D eigenvalue weighted by Crippen LogP contribution is 2.42. The third-order valence-corrected chi connectivity index (χ3v) is 15.6. The van der Waals surface area contributed by atoms with Gasteiger partial charge in [-0.1, -0.05) is 30.2 Å². The molecule has 0 spiro atoms. The van der Waals surface area contributed by atoms with Gasteiger partial charge in [-0.3, -0.25) is 39.5 Å². The van der Waals surface area contributed by atoms with E-state index < -0.39 is 224 Å². The molecule has 0 bridgehead atoms. The van der Waals surface area contributed by atoms with Crippen molar-refractivity contribution in [2.75, 3.05) is 13.2 Å². The molecule has 66 heteroatoms. The number of aliphatic carboxylic acids is 2. The van der Waals surface area contributed by atoms with Crippen LogP contribution < -0.4 is 9.44 Å². The Morgan fingerprint density at radius 2 is 0.736 bits per heavy atom. The Bertz CT molecular complexity index is 2780. The first-order valence-corrected chi connectivity index (χ1v) is 32.8. The third kappa shape index (κ3) is 27.8. The van der Waals surface area contributed by atoms with Crippen LogP contribution in [0.15, 0.2) is 0 Å². The molecule has 8 unspecified atom stereocenters. The molecule has 55 nitrogen and oxygen atoms in total. The fourth-order valence-corrected chi connectivity index (χ4v) is 12.3. The lowest BCUT2D eigenvalue weighted by atomic mass is 9.93. The second kappa shape index (κ2) is 39.1. The lowest BCUT2D eigenvalue weighted by Crippen LogP contribution is -2.70. The Labute approximate surface area is 530 Å². The summed E-state index contributed by atoms with van der Waals surface area (Å²) in [6.45, 7) is -2.46. The summed E-state index contributed by atoms with van der Waals surface area (Å²) in [6.07, 6.45) is -47.5. The number of nitrogens with one attached hydrogen (secondary N) is 2. The normalized spacial score (nSPS) is 33.0. The summed E-state index contributed by atoms with van der Waals surface area (Å²) in [6, 6.07) is -4.56. The molecule has 4 aliphatic heterocycles. The van der Waals surface area contributed by atoms with Crippen LogP contribution in [0.5, 0.6) is 0 Å². The highest BCUT2D eigenvalue weighted by molar-refractivity contribution is 7.93. The third-order valence-electron chi connectivity index (χ3n) is 10.7.